The molecule has 0 bridgehead atoms. The highest BCUT2D eigenvalue weighted by Crippen LogP contribution is 2.24. The van der Waals surface area contributed by atoms with Gasteiger partial charge in [0.15, 0.2) is 6.10 Å². The quantitative estimate of drug-likeness (QED) is 0.675. The first-order valence-electron chi connectivity index (χ1n) is 7.16. The molecule has 2 aromatic carbocycles. The van der Waals surface area contributed by atoms with Gasteiger partial charge in [0.2, 0.25) is 0 Å². The predicted octanol–water partition coefficient (Wildman–Crippen LogP) is 3.62. The topological polar surface area (TPSA) is 81.5 Å². The number of anilines is 1. The molecular formula is C17H18N2O4. The second-order valence-corrected chi connectivity index (χ2v) is 5.27. The van der Waals surface area contributed by atoms with E-state index in [0.717, 1.165) is 11.1 Å². The number of nitrogens with zero attached hydrogens (tertiary/aromatic N) is 1. The number of para-hydroxylation sites is 1. The van der Waals surface area contributed by atoms with Crippen molar-refractivity contribution in [3.8, 4) is 5.75 Å². The molecule has 0 heterocycles. The van der Waals surface area contributed by atoms with Crippen LogP contribution >= 0.6 is 0 Å². The molecule has 0 fully saturated rings. The zero-order chi connectivity index (χ0) is 17.0. The molecule has 0 aliphatic rings. The van der Waals surface area contributed by atoms with Crippen molar-refractivity contribution in [2.24, 2.45) is 0 Å². The summed E-state index contributed by atoms with van der Waals surface area (Å²) in [4.78, 5) is 22.3. The van der Waals surface area contributed by atoms with Gasteiger partial charge in [-0.05, 0) is 44.0 Å². The van der Waals surface area contributed by atoms with Crippen LogP contribution in [0.15, 0.2) is 42.5 Å². The maximum absolute atomic E-state index is 12.2. The highest BCUT2D eigenvalue weighted by Gasteiger charge is 2.17. The molecule has 6 heteroatoms. The molecule has 23 heavy (non-hydrogen) atoms. The number of hydrogen-bond donors (Lipinski definition) is 1. The van der Waals surface area contributed by atoms with Gasteiger partial charge in [0.05, 0.1) is 4.92 Å². The first-order valence-corrected chi connectivity index (χ1v) is 7.16. The van der Waals surface area contributed by atoms with Gasteiger partial charge in [-0.1, -0.05) is 18.2 Å². The fraction of sp³-hybridized carbons (Fsp3) is 0.235. The summed E-state index contributed by atoms with van der Waals surface area (Å²) in [5.41, 5.74) is 2.38. The third-order valence-electron chi connectivity index (χ3n) is 3.42. The van der Waals surface area contributed by atoms with Gasteiger partial charge in [-0.2, -0.15) is 0 Å². The van der Waals surface area contributed by atoms with Crippen LogP contribution in [0.2, 0.25) is 0 Å². The third-order valence-corrected chi connectivity index (χ3v) is 3.42. The molecule has 0 aliphatic carbocycles. The third kappa shape index (κ3) is 4.06. The molecule has 2 rings (SSSR count). The average molecular weight is 314 g/mol. The summed E-state index contributed by atoms with van der Waals surface area (Å²) in [5.74, 6) is 0.375. The van der Waals surface area contributed by atoms with Crippen LogP contribution in [0.5, 0.6) is 5.75 Å². The van der Waals surface area contributed by atoms with E-state index in [1.165, 1.54) is 24.3 Å². The van der Waals surface area contributed by atoms with Crippen LogP contribution in [-0.2, 0) is 4.79 Å². The summed E-state index contributed by atoms with van der Waals surface area (Å²) in [6.45, 7) is 5.50. The molecule has 0 spiro atoms. The Labute approximate surface area is 134 Å². The van der Waals surface area contributed by atoms with Crippen molar-refractivity contribution in [3.63, 3.8) is 0 Å². The van der Waals surface area contributed by atoms with Gasteiger partial charge in [0.25, 0.3) is 11.6 Å². The van der Waals surface area contributed by atoms with Crippen LogP contribution in [0.25, 0.3) is 0 Å². The van der Waals surface area contributed by atoms with Gasteiger partial charge in [0.1, 0.15) is 5.75 Å². The lowest BCUT2D eigenvalue weighted by molar-refractivity contribution is -0.384. The zero-order valence-corrected chi connectivity index (χ0v) is 13.2. The normalized spacial score (nSPS) is 11.6. The van der Waals surface area contributed by atoms with Crippen molar-refractivity contribution in [3.05, 3.63) is 63.7 Å². The van der Waals surface area contributed by atoms with E-state index < -0.39 is 11.0 Å². The molecule has 1 atom stereocenters. The molecule has 1 unspecified atom stereocenters. The van der Waals surface area contributed by atoms with E-state index in [2.05, 4.69) is 5.32 Å². The summed E-state index contributed by atoms with van der Waals surface area (Å²) < 4.78 is 5.75. The van der Waals surface area contributed by atoms with Gasteiger partial charge in [-0.25, -0.2) is 0 Å². The Morgan fingerprint density at radius 3 is 2.22 bits per heavy atom. The van der Waals surface area contributed by atoms with Crippen LogP contribution in [0, 0.1) is 24.0 Å². The molecule has 0 saturated heterocycles. The highest BCUT2D eigenvalue weighted by molar-refractivity contribution is 5.94. The minimum atomic E-state index is -0.690. The average Bonchev–Trinajstić information content (AvgIpc) is 2.51. The number of carbonyl (C=O) groups is 1. The summed E-state index contributed by atoms with van der Waals surface area (Å²) >= 11 is 0. The lowest BCUT2D eigenvalue weighted by Gasteiger charge is -2.18. The van der Waals surface area contributed by atoms with Gasteiger partial charge >= 0.3 is 0 Å². The maximum atomic E-state index is 12.2. The monoisotopic (exact) mass is 314 g/mol. The second kappa shape index (κ2) is 6.91. The number of nitrogens with one attached hydrogen (secondary N) is 1. The Kier molecular flexibility index (Phi) is 4.95. The van der Waals surface area contributed by atoms with Crippen molar-refractivity contribution in [2.45, 2.75) is 26.9 Å². The van der Waals surface area contributed by atoms with Gasteiger partial charge in [-0.15, -0.1) is 0 Å². The summed E-state index contributed by atoms with van der Waals surface area (Å²) in [6, 6.07) is 11.4. The fourth-order valence-corrected chi connectivity index (χ4v) is 2.13. The summed E-state index contributed by atoms with van der Waals surface area (Å²) in [6.07, 6.45) is -0.690. The maximum Gasteiger partial charge on any atom is 0.269 e. The SMILES string of the molecule is Cc1cccc(C)c1OC(C)C(=O)Nc1ccc([N+](=O)[O-])cc1. The van der Waals surface area contributed by atoms with Crippen molar-refractivity contribution in [1.82, 2.24) is 0 Å². The number of hydrogen-bond acceptors (Lipinski definition) is 4. The minimum absolute atomic E-state index is 0.0252. The van der Waals surface area contributed by atoms with Crippen molar-refractivity contribution < 1.29 is 14.5 Å². The smallest absolute Gasteiger partial charge is 0.269 e. The molecule has 1 N–H and O–H groups in total. The van der Waals surface area contributed by atoms with Crippen LogP contribution < -0.4 is 10.1 Å². The van der Waals surface area contributed by atoms with Crippen LogP contribution in [0.1, 0.15) is 18.1 Å². The standard InChI is InChI=1S/C17H18N2O4/c1-11-5-4-6-12(2)16(11)23-13(3)17(20)18-14-7-9-15(10-8-14)19(21)22/h4-10,13H,1-3H3,(H,18,20). The van der Waals surface area contributed by atoms with Crippen LogP contribution in [-0.4, -0.2) is 16.9 Å². The van der Waals surface area contributed by atoms with Crippen molar-refractivity contribution in [1.29, 1.82) is 0 Å². The molecule has 0 aromatic heterocycles. The number of nitro benzene ring substituents is 1. The number of amides is 1. The van der Waals surface area contributed by atoms with Crippen molar-refractivity contribution in [2.75, 3.05) is 5.32 Å². The molecule has 120 valence electrons. The first-order chi connectivity index (χ1) is 10.9. The fourth-order valence-electron chi connectivity index (χ4n) is 2.13. The van der Waals surface area contributed by atoms with E-state index >= 15 is 0 Å². The summed E-state index contributed by atoms with van der Waals surface area (Å²) in [5, 5.41) is 13.3. The number of benzene rings is 2. The molecular weight excluding hydrogens is 296 g/mol. The van der Waals surface area contributed by atoms with E-state index in [0.29, 0.717) is 11.4 Å². The first kappa shape index (κ1) is 16.5. The van der Waals surface area contributed by atoms with E-state index in [-0.39, 0.29) is 11.6 Å². The molecule has 6 nitrogen and oxygen atoms in total. The highest BCUT2D eigenvalue weighted by atomic mass is 16.6. The number of nitro groups is 1. The van der Waals surface area contributed by atoms with E-state index in [1.54, 1.807) is 6.92 Å². The summed E-state index contributed by atoms with van der Waals surface area (Å²) in [7, 11) is 0. The number of carbonyl (C=O) groups excluding carboxylic acids is 1. The van der Waals surface area contributed by atoms with E-state index in [9.17, 15) is 14.9 Å². The molecule has 0 radical (unpaired) electrons. The van der Waals surface area contributed by atoms with Gasteiger partial charge in [-0.3, -0.25) is 14.9 Å². The van der Waals surface area contributed by atoms with Crippen molar-refractivity contribution >= 4 is 17.3 Å². The van der Waals surface area contributed by atoms with Crippen LogP contribution in [0.3, 0.4) is 0 Å². The number of rotatable bonds is 5. The minimum Gasteiger partial charge on any atom is -0.480 e. The predicted molar refractivity (Wildman–Crippen MR) is 87.7 cm³/mol. The number of aryl methyl sites for hydroxylation is 2. The Morgan fingerprint density at radius 2 is 1.70 bits per heavy atom. The van der Waals surface area contributed by atoms with E-state index in [1.807, 2.05) is 32.0 Å². The largest absolute Gasteiger partial charge is 0.480 e. The van der Waals surface area contributed by atoms with Gasteiger partial charge < -0.3 is 10.1 Å². The Bertz CT molecular complexity index is 706. The molecule has 0 saturated carbocycles. The van der Waals surface area contributed by atoms with Gasteiger partial charge in [0, 0.05) is 17.8 Å². The number of non-ortho nitro benzene ring substituents is 1. The Morgan fingerprint density at radius 1 is 1.13 bits per heavy atom. The lowest BCUT2D eigenvalue weighted by atomic mass is 10.1. The second-order valence-electron chi connectivity index (χ2n) is 5.27. The molecule has 1 amide bonds. The Hall–Kier alpha value is -2.89. The zero-order valence-electron chi connectivity index (χ0n) is 13.2. The Balaban J connectivity index is 2.04. The lowest BCUT2D eigenvalue weighted by Crippen LogP contribution is -2.30. The van der Waals surface area contributed by atoms with E-state index in [4.69, 9.17) is 4.74 Å². The number of ether oxygens (including phenoxy) is 1. The van der Waals surface area contributed by atoms with Crippen LogP contribution in [0.4, 0.5) is 11.4 Å². The molecule has 2 aromatic rings. The molecule has 0 aliphatic heterocycles.